The molecule has 2 heterocycles. The second-order valence-corrected chi connectivity index (χ2v) is 5.92. The first-order valence-electron chi connectivity index (χ1n) is 8.05. The van der Waals surface area contributed by atoms with Crippen molar-refractivity contribution in [3.05, 3.63) is 77.6 Å². The number of aromatic nitrogens is 2. The third-order valence-corrected chi connectivity index (χ3v) is 4.32. The van der Waals surface area contributed by atoms with Crippen LogP contribution in [0.2, 0.25) is 0 Å². The van der Waals surface area contributed by atoms with Crippen molar-refractivity contribution < 1.29 is 8.78 Å². The molecule has 0 spiro atoms. The monoisotopic (exact) mass is 338 g/mol. The molecule has 4 rings (SSSR count). The highest BCUT2D eigenvalue weighted by molar-refractivity contribution is 5.60. The molecule has 1 N–H and O–H groups in total. The summed E-state index contributed by atoms with van der Waals surface area (Å²) >= 11 is 0. The maximum atomic E-state index is 13.8. The molecule has 1 aromatic heterocycles. The Kier molecular flexibility index (Phi) is 4.01. The van der Waals surface area contributed by atoms with Crippen LogP contribution in [0.3, 0.4) is 0 Å². The molecule has 1 aliphatic heterocycles. The van der Waals surface area contributed by atoms with E-state index >= 15 is 0 Å². The summed E-state index contributed by atoms with van der Waals surface area (Å²) in [6, 6.07) is 13.8. The van der Waals surface area contributed by atoms with Crippen molar-refractivity contribution in [3.63, 3.8) is 0 Å². The number of para-hydroxylation sites is 1. The van der Waals surface area contributed by atoms with Crippen molar-refractivity contribution in [2.24, 2.45) is 0 Å². The van der Waals surface area contributed by atoms with Gasteiger partial charge >= 0.3 is 0 Å². The lowest BCUT2D eigenvalue weighted by molar-refractivity contribution is 0.590. The zero-order valence-electron chi connectivity index (χ0n) is 13.4. The number of rotatable bonds is 3. The molecule has 0 bridgehead atoms. The van der Waals surface area contributed by atoms with Crippen LogP contribution in [-0.4, -0.2) is 16.5 Å². The molecule has 0 atom stereocenters. The summed E-state index contributed by atoms with van der Waals surface area (Å²) in [5.74, 6) is -0.240. The zero-order valence-corrected chi connectivity index (χ0v) is 13.4. The number of nitrogens with one attached hydrogen (secondary N) is 1. The maximum absolute atomic E-state index is 13.8. The molecule has 1 aliphatic rings. The van der Waals surface area contributed by atoms with E-state index < -0.39 is 11.6 Å². The molecule has 0 saturated carbocycles. The summed E-state index contributed by atoms with van der Waals surface area (Å²) in [5, 5.41) is 2.71. The van der Waals surface area contributed by atoms with Gasteiger partial charge in [0.25, 0.3) is 0 Å². The van der Waals surface area contributed by atoms with E-state index in [1.807, 2.05) is 12.1 Å². The highest BCUT2D eigenvalue weighted by Gasteiger charge is 2.18. The third-order valence-electron chi connectivity index (χ3n) is 4.32. The van der Waals surface area contributed by atoms with E-state index in [2.05, 4.69) is 32.3 Å². The Bertz CT molecular complexity index is 893. The molecular weight excluding hydrogens is 322 g/mol. The SMILES string of the molecule is Fc1cccc(F)c1Nc1cc(N2CCc3ccccc3C2)ncn1. The highest BCUT2D eigenvalue weighted by Crippen LogP contribution is 2.26. The van der Waals surface area contributed by atoms with Gasteiger partial charge in [-0.25, -0.2) is 18.7 Å². The summed E-state index contributed by atoms with van der Waals surface area (Å²) < 4.78 is 27.6. The molecule has 0 aliphatic carbocycles. The average molecular weight is 338 g/mol. The van der Waals surface area contributed by atoms with Crippen molar-refractivity contribution in [2.45, 2.75) is 13.0 Å². The number of anilines is 3. The third kappa shape index (κ3) is 3.15. The molecule has 25 heavy (non-hydrogen) atoms. The second-order valence-electron chi connectivity index (χ2n) is 5.92. The lowest BCUT2D eigenvalue weighted by Crippen LogP contribution is -2.31. The van der Waals surface area contributed by atoms with Gasteiger partial charge < -0.3 is 10.2 Å². The summed E-state index contributed by atoms with van der Waals surface area (Å²) in [5.41, 5.74) is 2.40. The van der Waals surface area contributed by atoms with E-state index in [1.165, 1.54) is 35.7 Å². The summed E-state index contributed by atoms with van der Waals surface area (Å²) in [7, 11) is 0. The molecule has 3 aromatic rings. The lowest BCUT2D eigenvalue weighted by atomic mass is 10.00. The summed E-state index contributed by atoms with van der Waals surface area (Å²) in [6.07, 6.45) is 2.34. The van der Waals surface area contributed by atoms with Crippen LogP contribution < -0.4 is 10.2 Å². The molecule has 0 fully saturated rings. The maximum Gasteiger partial charge on any atom is 0.149 e. The molecule has 0 saturated heterocycles. The Labute approximate surface area is 144 Å². The standard InChI is InChI=1S/C19H16F2N4/c20-15-6-3-7-16(21)19(15)24-17-10-18(23-12-22-17)25-9-8-13-4-1-2-5-14(13)11-25/h1-7,10,12H,8-9,11H2,(H,22,23,24). The van der Waals surface area contributed by atoms with Gasteiger partial charge in [-0.1, -0.05) is 30.3 Å². The molecule has 4 nitrogen and oxygen atoms in total. The van der Waals surface area contributed by atoms with E-state index in [0.29, 0.717) is 5.82 Å². The Hall–Kier alpha value is -3.02. The number of hydrogen-bond acceptors (Lipinski definition) is 4. The van der Waals surface area contributed by atoms with Crippen molar-refractivity contribution in [3.8, 4) is 0 Å². The number of halogens is 2. The van der Waals surface area contributed by atoms with Gasteiger partial charge in [-0.2, -0.15) is 0 Å². The lowest BCUT2D eigenvalue weighted by Gasteiger charge is -2.29. The van der Waals surface area contributed by atoms with Crippen LogP contribution in [0.5, 0.6) is 0 Å². The number of fused-ring (bicyclic) bond motifs is 1. The second kappa shape index (κ2) is 6.47. The Morgan fingerprint density at radius 3 is 2.48 bits per heavy atom. The van der Waals surface area contributed by atoms with Crippen LogP contribution in [0.15, 0.2) is 54.9 Å². The van der Waals surface area contributed by atoms with Crippen LogP contribution in [-0.2, 0) is 13.0 Å². The number of benzene rings is 2. The quantitative estimate of drug-likeness (QED) is 0.782. The Balaban J connectivity index is 1.58. The largest absolute Gasteiger partial charge is 0.352 e. The van der Waals surface area contributed by atoms with E-state index in [1.54, 1.807) is 6.07 Å². The molecule has 0 unspecified atom stereocenters. The van der Waals surface area contributed by atoms with E-state index in [4.69, 9.17) is 0 Å². The van der Waals surface area contributed by atoms with Crippen LogP contribution in [0.25, 0.3) is 0 Å². The van der Waals surface area contributed by atoms with E-state index in [9.17, 15) is 8.78 Å². The van der Waals surface area contributed by atoms with Crippen molar-refractivity contribution in [2.75, 3.05) is 16.8 Å². The normalized spacial score (nSPS) is 13.4. The van der Waals surface area contributed by atoms with Gasteiger partial charge in [-0.15, -0.1) is 0 Å². The fourth-order valence-electron chi connectivity index (χ4n) is 3.02. The van der Waals surface area contributed by atoms with Gasteiger partial charge in [0.05, 0.1) is 0 Å². The first-order chi connectivity index (χ1) is 12.2. The van der Waals surface area contributed by atoms with Crippen LogP contribution in [0.4, 0.5) is 26.1 Å². The topological polar surface area (TPSA) is 41.0 Å². The fraction of sp³-hybridized carbons (Fsp3) is 0.158. The fourth-order valence-corrected chi connectivity index (χ4v) is 3.02. The predicted octanol–water partition coefficient (Wildman–Crippen LogP) is 4.06. The molecule has 126 valence electrons. The summed E-state index contributed by atoms with van der Waals surface area (Å²) in [6.45, 7) is 1.59. The minimum atomic E-state index is -0.660. The Morgan fingerprint density at radius 1 is 0.920 bits per heavy atom. The zero-order chi connectivity index (χ0) is 17.2. The highest BCUT2D eigenvalue weighted by atomic mass is 19.1. The van der Waals surface area contributed by atoms with E-state index in [-0.39, 0.29) is 5.69 Å². The van der Waals surface area contributed by atoms with Crippen LogP contribution in [0, 0.1) is 11.6 Å². The smallest absolute Gasteiger partial charge is 0.149 e. The van der Waals surface area contributed by atoms with Gasteiger partial charge in [0.1, 0.15) is 35.3 Å². The van der Waals surface area contributed by atoms with E-state index in [0.717, 1.165) is 25.3 Å². The van der Waals surface area contributed by atoms with Crippen LogP contribution >= 0.6 is 0 Å². The minimum Gasteiger partial charge on any atom is -0.352 e. The minimum absolute atomic E-state index is 0.212. The molecule has 6 heteroatoms. The number of hydrogen-bond donors (Lipinski definition) is 1. The Morgan fingerprint density at radius 2 is 1.68 bits per heavy atom. The van der Waals surface area contributed by atoms with Gasteiger partial charge in [-0.3, -0.25) is 0 Å². The molecule has 0 amide bonds. The van der Waals surface area contributed by atoms with Gasteiger partial charge in [0.2, 0.25) is 0 Å². The van der Waals surface area contributed by atoms with Gasteiger partial charge in [0, 0.05) is 19.2 Å². The van der Waals surface area contributed by atoms with Crippen LogP contribution in [0.1, 0.15) is 11.1 Å². The van der Waals surface area contributed by atoms with Crippen molar-refractivity contribution in [1.82, 2.24) is 9.97 Å². The predicted molar refractivity (Wildman–Crippen MR) is 92.9 cm³/mol. The van der Waals surface area contributed by atoms with Crippen molar-refractivity contribution >= 4 is 17.3 Å². The molecule has 2 aromatic carbocycles. The summed E-state index contributed by atoms with van der Waals surface area (Å²) in [4.78, 5) is 10.5. The molecular formula is C19H16F2N4. The van der Waals surface area contributed by atoms with Crippen molar-refractivity contribution in [1.29, 1.82) is 0 Å². The number of nitrogens with zero attached hydrogens (tertiary/aromatic N) is 3. The van der Waals surface area contributed by atoms with Gasteiger partial charge in [-0.05, 0) is 29.7 Å². The first kappa shape index (κ1) is 15.5. The first-order valence-corrected chi connectivity index (χ1v) is 8.05. The van der Waals surface area contributed by atoms with Gasteiger partial charge in [0.15, 0.2) is 0 Å². The molecule has 0 radical (unpaired) electrons. The average Bonchev–Trinajstić information content (AvgIpc) is 2.65.